The monoisotopic (exact) mass is 261 g/mol. The lowest BCUT2D eigenvalue weighted by Gasteiger charge is -2.24. The third-order valence-corrected chi connectivity index (χ3v) is 2.89. The van der Waals surface area contributed by atoms with Gasteiger partial charge in [-0.05, 0) is 29.0 Å². The quantitative estimate of drug-likeness (QED) is 0.458. The zero-order valence-corrected chi connectivity index (χ0v) is 10.2. The molecule has 1 aromatic heterocycles. The minimum Gasteiger partial charge on any atom is -0.300 e. The molecule has 1 amide bonds. The van der Waals surface area contributed by atoms with E-state index in [-0.39, 0.29) is 11.7 Å². The SMILES string of the molecule is CN1C(=O)C(N=[N+]=[N-])CCCn2nc(N=[N+]=[N-])cc21. The van der Waals surface area contributed by atoms with Gasteiger partial charge in [0, 0.05) is 29.5 Å². The Bertz CT molecular complexity index is 593. The molecule has 98 valence electrons. The molecular formula is C9H11N9O. The fourth-order valence-corrected chi connectivity index (χ4v) is 1.99. The number of aromatic nitrogens is 2. The highest BCUT2D eigenvalue weighted by atomic mass is 16.2. The lowest BCUT2D eigenvalue weighted by atomic mass is 10.1. The molecule has 0 N–H and O–H groups in total. The van der Waals surface area contributed by atoms with E-state index in [1.807, 2.05) is 0 Å². The van der Waals surface area contributed by atoms with Crippen molar-refractivity contribution in [2.75, 3.05) is 11.9 Å². The first-order chi connectivity index (χ1) is 9.17. The molecule has 2 heterocycles. The van der Waals surface area contributed by atoms with Crippen LogP contribution in [0.5, 0.6) is 0 Å². The third-order valence-electron chi connectivity index (χ3n) is 2.89. The minimum atomic E-state index is -0.707. The van der Waals surface area contributed by atoms with E-state index >= 15 is 0 Å². The third kappa shape index (κ3) is 2.44. The summed E-state index contributed by atoms with van der Waals surface area (Å²) < 4.78 is 1.61. The zero-order valence-electron chi connectivity index (χ0n) is 10.2. The topological polar surface area (TPSA) is 136 Å². The first-order valence-electron chi connectivity index (χ1n) is 5.62. The van der Waals surface area contributed by atoms with Crippen molar-refractivity contribution in [3.05, 3.63) is 27.0 Å². The number of azide groups is 2. The summed E-state index contributed by atoms with van der Waals surface area (Å²) >= 11 is 0. The molecule has 0 spiro atoms. The first-order valence-corrected chi connectivity index (χ1v) is 5.62. The molecule has 1 atom stereocenters. The Morgan fingerprint density at radius 2 is 2.26 bits per heavy atom. The normalized spacial score (nSPS) is 18.7. The van der Waals surface area contributed by atoms with Crippen LogP contribution >= 0.6 is 0 Å². The molecule has 1 unspecified atom stereocenters. The number of aryl methyl sites for hydroxylation is 1. The van der Waals surface area contributed by atoms with Crippen LogP contribution in [0.1, 0.15) is 12.8 Å². The van der Waals surface area contributed by atoms with Gasteiger partial charge in [0.1, 0.15) is 11.9 Å². The molecule has 0 aliphatic carbocycles. The largest absolute Gasteiger partial charge is 0.300 e. The summed E-state index contributed by atoms with van der Waals surface area (Å²) in [6, 6.07) is 0.817. The van der Waals surface area contributed by atoms with Crippen molar-refractivity contribution in [3.63, 3.8) is 0 Å². The fraction of sp³-hybridized carbons (Fsp3) is 0.556. The maximum absolute atomic E-state index is 12.1. The van der Waals surface area contributed by atoms with Crippen LogP contribution in [-0.2, 0) is 11.3 Å². The van der Waals surface area contributed by atoms with E-state index in [4.69, 9.17) is 11.1 Å². The Morgan fingerprint density at radius 1 is 1.47 bits per heavy atom. The summed E-state index contributed by atoms with van der Waals surface area (Å²) in [6.45, 7) is 0.561. The summed E-state index contributed by atoms with van der Waals surface area (Å²) in [6.07, 6.45) is 1.11. The van der Waals surface area contributed by atoms with Gasteiger partial charge in [0.25, 0.3) is 0 Å². The van der Waals surface area contributed by atoms with E-state index in [1.54, 1.807) is 11.7 Å². The lowest BCUT2D eigenvalue weighted by Crippen LogP contribution is -2.38. The Balaban J connectivity index is 2.40. The van der Waals surface area contributed by atoms with E-state index in [9.17, 15) is 4.79 Å². The summed E-state index contributed by atoms with van der Waals surface area (Å²) in [7, 11) is 1.57. The number of rotatable bonds is 2. The molecule has 0 saturated carbocycles. The predicted molar refractivity (Wildman–Crippen MR) is 66.6 cm³/mol. The van der Waals surface area contributed by atoms with Gasteiger partial charge < -0.3 is 0 Å². The lowest BCUT2D eigenvalue weighted by molar-refractivity contribution is -0.119. The Morgan fingerprint density at radius 3 is 2.95 bits per heavy atom. The number of amides is 1. The van der Waals surface area contributed by atoms with E-state index in [0.717, 1.165) is 0 Å². The van der Waals surface area contributed by atoms with Gasteiger partial charge in [-0.15, -0.1) is 0 Å². The van der Waals surface area contributed by atoms with Gasteiger partial charge in [-0.3, -0.25) is 9.69 Å². The van der Waals surface area contributed by atoms with Gasteiger partial charge in [0.15, 0.2) is 5.82 Å². The first kappa shape index (κ1) is 12.7. The molecule has 1 aliphatic heterocycles. The highest BCUT2D eigenvalue weighted by Gasteiger charge is 2.26. The van der Waals surface area contributed by atoms with Crippen LogP contribution in [0.25, 0.3) is 20.9 Å². The Kier molecular flexibility index (Phi) is 3.56. The number of likely N-dealkylation sites (N-methyl/N-ethyl adjacent to an activating group) is 1. The van der Waals surface area contributed by atoms with Crippen LogP contribution in [0.3, 0.4) is 0 Å². The second kappa shape index (κ2) is 5.30. The number of fused-ring (bicyclic) bond motifs is 1. The molecule has 1 aliphatic rings. The predicted octanol–water partition coefficient (Wildman–Crippen LogP) is 2.26. The zero-order chi connectivity index (χ0) is 13.8. The van der Waals surface area contributed by atoms with Crippen molar-refractivity contribution in [1.29, 1.82) is 0 Å². The molecule has 0 radical (unpaired) electrons. The van der Waals surface area contributed by atoms with Crippen LogP contribution in [-0.4, -0.2) is 28.8 Å². The van der Waals surface area contributed by atoms with Crippen molar-refractivity contribution in [3.8, 4) is 0 Å². The molecule has 19 heavy (non-hydrogen) atoms. The Labute approximate surface area is 107 Å². The van der Waals surface area contributed by atoms with Gasteiger partial charge in [-0.25, -0.2) is 4.68 Å². The molecule has 0 saturated heterocycles. The highest BCUT2D eigenvalue weighted by molar-refractivity contribution is 5.96. The van der Waals surface area contributed by atoms with Crippen LogP contribution in [0.4, 0.5) is 11.6 Å². The van der Waals surface area contributed by atoms with Gasteiger partial charge in [-0.2, -0.15) is 5.10 Å². The highest BCUT2D eigenvalue weighted by Crippen LogP contribution is 2.25. The molecule has 10 heteroatoms. The number of carbonyl (C=O) groups excluding carboxylic acids is 1. The van der Waals surface area contributed by atoms with Crippen LogP contribution in [0, 0.1) is 0 Å². The maximum Gasteiger partial charge on any atom is 0.236 e. The second-order valence-corrected chi connectivity index (χ2v) is 4.03. The van der Waals surface area contributed by atoms with E-state index in [1.165, 1.54) is 11.0 Å². The molecule has 0 aromatic carbocycles. The average molecular weight is 261 g/mol. The van der Waals surface area contributed by atoms with Gasteiger partial charge in [0.05, 0.1) is 0 Å². The van der Waals surface area contributed by atoms with Crippen molar-refractivity contribution in [2.45, 2.75) is 25.4 Å². The average Bonchev–Trinajstić information content (AvgIpc) is 2.78. The van der Waals surface area contributed by atoms with E-state index in [0.29, 0.717) is 25.2 Å². The fourth-order valence-electron chi connectivity index (χ4n) is 1.99. The molecule has 0 fully saturated rings. The molecule has 0 bridgehead atoms. The number of nitrogens with zero attached hydrogens (tertiary/aromatic N) is 9. The molecule has 2 rings (SSSR count). The number of anilines is 1. The van der Waals surface area contributed by atoms with Crippen molar-refractivity contribution in [1.82, 2.24) is 9.78 Å². The van der Waals surface area contributed by atoms with E-state index < -0.39 is 6.04 Å². The van der Waals surface area contributed by atoms with Crippen LogP contribution in [0.15, 0.2) is 16.3 Å². The summed E-state index contributed by atoms with van der Waals surface area (Å²) in [4.78, 5) is 18.9. The maximum atomic E-state index is 12.1. The standard InChI is InChI=1S/C9H11N9O/c1-17-8-5-7(13-16-11)14-18(8)4-2-3-6(9(17)19)12-15-10/h5-6H,2-4H2,1H3. The van der Waals surface area contributed by atoms with Gasteiger partial charge in [-0.1, -0.05) is 5.11 Å². The number of hydrogen-bond donors (Lipinski definition) is 0. The molecule has 10 nitrogen and oxygen atoms in total. The number of hydrogen-bond acceptors (Lipinski definition) is 4. The van der Waals surface area contributed by atoms with Crippen molar-refractivity contribution < 1.29 is 4.79 Å². The van der Waals surface area contributed by atoms with Gasteiger partial charge >= 0.3 is 0 Å². The number of carbonyl (C=O) groups is 1. The van der Waals surface area contributed by atoms with Crippen molar-refractivity contribution in [2.24, 2.45) is 10.2 Å². The smallest absolute Gasteiger partial charge is 0.236 e. The summed E-state index contributed by atoms with van der Waals surface area (Å²) in [5.74, 6) is 0.427. The van der Waals surface area contributed by atoms with Gasteiger partial charge in [0.2, 0.25) is 5.91 Å². The van der Waals surface area contributed by atoms with Crippen LogP contribution < -0.4 is 4.90 Å². The van der Waals surface area contributed by atoms with Crippen LogP contribution in [0.2, 0.25) is 0 Å². The minimum absolute atomic E-state index is 0.208. The molecular weight excluding hydrogens is 250 g/mol. The molecule has 1 aromatic rings. The second-order valence-electron chi connectivity index (χ2n) is 4.03. The summed E-state index contributed by atoms with van der Waals surface area (Å²) in [5, 5.41) is 11.0. The Hall–Kier alpha value is -2.70. The van der Waals surface area contributed by atoms with E-state index in [2.05, 4.69) is 25.2 Å². The van der Waals surface area contributed by atoms with Crippen molar-refractivity contribution >= 4 is 17.5 Å². The summed E-state index contributed by atoms with van der Waals surface area (Å²) in [5.41, 5.74) is 16.9.